The van der Waals surface area contributed by atoms with Crippen LogP contribution in [0.5, 0.6) is 0 Å². The summed E-state index contributed by atoms with van der Waals surface area (Å²) >= 11 is 6.01. The Kier molecular flexibility index (Phi) is 2.23. The van der Waals surface area contributed by atoms with Crippen LogP contribution in [0, 0.1) is 0 Å². The van der Waals surface area contributed by atoms with Crippen molar-refractivity contribution in [2.24, 2.45) is 5.73 Å². The highest BCUT2D eigenvalue weighted by Crippen LogP contribution is 2.34. The number of halogens is 1. The first-order chi connectivity index (χ1) is 7.24. The molecular weight excluding hydrogens is 208 g/mol. The second-order valence-corrected chi connectivity index (χ2v) is 5.05. The molecule has 0 saturated heterocycles. The molecule has 1 aromatic carbocycles. The zero-order valence-electron chi connectivity index (χ0n) is 8.62. The molecule has 1 atom stereocenters. The Balaban J connectivity index is 1.93. The Hall–Kier alpha value is -0.570. The van der Waals surface area contributed by atoms with Crippen LogP contribution in [-0.4, -0.2) is 17.5 Å². The van der Waals surface area contributed by atoms with E-state index in [-0.39, 0.29) is 6.04 Å². The minimum Gasteiger partial charge on any atom is -0.323 e. The number of rotatable bonds is 1. The third-order valence-corrected chi connectivity index (χ3v) is 3.61. The summed E-state index contributed by atoms with van der Waals surface area (Å²) in [4.78, 5) is 2.49. The molecule has 0 bridgehead atoms. The van der Waals surface area contributed by atoms with Crippen molar-refractivity contribution in [1.82, 2.24) is 4.90 Å². The fourth-order valence-corrected chi connectivity index (χ4v) is 2.62. The van der Waals surface area contributed by atoms with Gasteiger partial charge in [-0.3, -0.25) is 4.90 Å². The van der Waals surface area contributed by atoms with Crippen LogP contribution >= 0.6 is 11.6 Å². The Morgan fingerprint density at radius 2 is 2.13 bits per heavy atom. The zero-order chi connectivity index (χ0) is 10.4. The predicted octanol–water partition coefficient (Wildman–Crippen LogP) is 2.32. The van der Waals surface area contributed by atoms with Gasteiger partial charge in [0.05, 0.1) is 0 Å². The lowest BCUT2D eigenvalue weighted by atomic mass is 9.96. The van der Waals surface area contributed by atoms with E-state index >= 15 is 0 Å². The molecule has 0 aromatic heterocycles. The predicted molar refractivity (Wildman–Crippen MR) is 61.8 cm³/mol. The molecular formula is C12H15ClN2. The lowest BCUT2D eigenvalue weighted by Crippen LogP contribution is -2.38. The lowest BCUT2D eigenvalue weighted by Gasteiger charge is -2.33. The van der Waals surface area contributed by atoms with Gasteiger partial charge in [-0.15, -0.1) is 0 Å². The van der Waals surface area contributed by atoms with E-state index in [4.69, 9.17) is 17.3 Å². The van der Waals surface area contributed by atoms with Crippen LogP contribution in [0.25, 0.3) is 0 Å². The molecule has 0 amide bonds. The number of hydrogen-bond acceptors (Lipinski definition) is 2. The van der Waals surface area contributed by atoms with Gasteiger partial charge < -0.3 is 5.73 Å². The van der Waals surface area contributed by atoms with Gasteiger partial charge in [0.2, 0.25) is 0 Å². The molecule has 0 radical (unpaired) electrons. The molecule has 1 unspecified atom stereocenters. The molecule has 80 valence electrons. The fourth-order valence-electron chi connectivity index (χ4n) is 2.43. The summed E-state index contributed by atoms with van der Waals surface area (Å²) in [6.07, 6.45) is 2.67. The quantitative estimate of drug-likeness (QED) is 0.790. The summed E-state index contributed by atoms with van der Waals surface area (Å²) in [5, 5.41) is 0.818. The Labute approximate surface area is 95.0 Å². The average molecular weight is 223 g/mol. The maximum absolute atomic E-state index is 6.17. The third-order valence-electron chi connectivity index (χ3n) is 3.37. The number of hydrogen-bond donors (Lipinski definition) is 1. The molecule has 1 aromatic rings. The molecule has 3 rings (SSSR count). The molecule has 0 spiro atoms. The molecule has 2 N–H and O–H groups in total. The largest absolute Gasteiger partial charge is 0.323 e. The summed E-state index contributed by atoms with van der Waals surface area (Å²) in [5.74, 6) is 0. The Morgan fingerprint density at radius 3 is 2.87 bits per heavy atom. The average Bonchev–Trinajstić information content (AvgIpc) is 2.99. The molecule has 2 nitrogen and oxygen atoms in total. The number of benzene rings is 1. The molecule has 2 aliphatic rings. The lowest BCUT2D eigenvalue weighted by molar-refractivity contribution is 0.221. The van der Waals surface area contributed by atoms with Crippen LogP contribution in [0.1, 0.15) is 30.0 Å². The highest BCUT2D eigenvalue weighted by molar-refractivity contribution is 6.30. The molecule has 1 saturated carbocycles. The van der Waals surface area contributed by atoms with E-state index in [9.17, 15) is 0 Å². The summed E-state index contributed by atoms with van der Waals surface area (Å²) < 4.78 is 0. The van der Waals surface area contributed by atoms with Crippen molar-refractivity contribution in [2.75, 3.05) is 6.54 Å². The normalized spacial score (nSPS) is 26.4. The van der Waals surface area contributed by atoms with E-state index in [1.165, 1.54) is 24.0 Å². The number of nitrogens with two attached hydrogens (primary N) is 1. The minimum atomic E-state index is 0.159. The van der Waals surface area contributed by atoms with Crippen molar-refractivity contribution in [3.05, 3.63) is 34.3 Å². The summed E-state index contributed by atoms with van der Waals surface area (Å²) in [5.41, 5.74) is 8.76. The number of fused-ring (bicyclic) bond motifs is 1. The molecule has 1 heterocycles. The van der Waals surface area contributed by atoms with Gasteiger partial charge >= 0.3 is 0 Å². The standard InChI is InChI=1S/C12H15ClN2/c13-9-1-4-11-8(5-9)6-15(7-12(11)14)10-2-3-10/h1,4-5,10,12H,2-3,6-7,14H2. The van der Waals surface area contributed by atoms with Gasteiger partial charge in [0.1, 0.15) is 0 Å². The van der Waals surface area contributed by atoms with Crippen molar-refractivity contribution in [3.8, 4) is 0 Å². The van der Waals surface area contributed by atoms with E-state index in [1.54, 1.807) is 0 Å². The highest BCUT2D eigenvalue weighted by atomic mass is 35.5. The van der Waals surface area contributed by atoms with E-state index in [1.807, 2.05) is 6.07 Å². The molecule has 1 aliphatic carbocycles. The molecule has 1 fully saturated rings. The van der Waals surface area contributed by atoms with E-state index in [2.05, 4.69) is 17.0 Å². The topological polar surface area (TPSA) is 29.3 Å². The third kappa shape index (κ3) is 1.78. The second kappa shape index (κ2) is 3.48. The van der Waals surface area contributed by atoms with Crippen molar-refractivity contribution in [2.45, 2.75) is 31.5 Å². The van der Waals surface area contributed by atoms with Crippen LogP contribution in [0.2, 0.25) is 5.02 Å². The first-order valence-electron chi connectivity index (χ1n) is 5.52. The van der Waals surface area contributed by atoms with Crippen molar-refractivity contribution in [3.63, 3.8) is 0 Å². The van der Waals surface area contributed by atoms with Crippen LogP contribution in [0.3, 0.4) is 0 Å². The van der Waals surface area contributed by atoms with Gasteiger partial charge in [-0.25, -0.2) is 0 Å². The van der Waals surface area contributed by atoms with E-state index in [0.29, 0.717) is 0 Å². The SMILES string of the molecule is NC1CN(C2CC2)Cc2cc(Cl)ccc21. The van der Waals surface area contributed by atoms with Crippen molar-refractivity contribution in [1.29, 1.82) is 0 Å². The van der Waals surface area contributed by atoms with Gasteiger partial charge in [-0.1, -0.05) is 17.7 Å². The van der Waals surface area contributed by atoms with Crippen molar-refractivity contribution < 1.29 is 0 Å². The smallest absolute Gasteiger partial charge is 0.0427 e. The molecule has 3 heteroatoms. The minimum absolute atomic E-state index is 0.159. The maximum atomic E-state index is 6.17. The van der Waals surface area contributed by atoms with E-state index < -0.39 is 0 Å². The van der Waals surface area contributed by atoms with Crippen molar-refractivity contribution >= 4 is 11.6 Å². The summed E-state index contributed by atoms with van der Waals surface area (Å²) in [7, 11) is 0. The monoisotopic (exact) mass is 222 g/mol. The van der Waals surface area contributed by atoms with Gasteiger partial charge in [0.15, 0.2) is 0 Å². The second-order valence-electron chi connectivity index (χ2n) is 4.61. The zero-order valence-corrected chi connectivity index (χ0v) is 9.37. The highest BCUT2D eigenvalue weighted by Gasteiger charge is 2.33. The van der Waals surface area contributed by atoms with Gasteiger partial charge in [0.25, 0.3) is 0 Å². The first kappa shape index (κ1) is 9.64. The van der Waals surface area contributed by atoms with E-state index in [0.717, 1.165) is 24.2 Å². The van der Waals surface area contributed by atoms with Crippen LogP contribution in [0.15, 0.2) is 18.2 Å². The van der Waals surface area contributed by atoms with Crippen LogP contribution in [-0.2, 0) is 6.54 Å². The van der Waals surface area contributed by atoms with Gasteiger partial charge in [-0.2, -0.15) is 0 Å². The summed E-state index contributed by atoms with van der Waals surface area (Å²) in [6.45, 7) is 2.02. The maximum Gasteiger partial charge on any atom is 0.0427 e. The van der Waals surface area contributed by atoms with Gasteiger partial charge in [0, 0.05) is 30.2 Å². The van der Waals surface area contributed by atoms with Crippen LogP contribution in [0.4, 0.5) is 0 Å². The molecule has 15 heavy (non-hydrogen) atoms. The number of nitrogens with zero attached hydrogens (tertiary/aromatic N) is 1. The fraction of sp³-hybridized carbons (Fsp3) is 0.500. The molecule has 1 aliphatic heterocycles. The Bertz CT molecular complexity index is 387. The van der Waals surface area contributed by atoms with Gasteiger partial charge in [-0.05, 0) is 36.1 Å². The Morgan fingerprint density at radius 1 is 1.33 bits per heavy atom. The summed E-state index contributed by atoms with van der Waals surface area (Å²) in [6, 6.07) is 7.01. The first-order valence-corrected chi connectivity index (χ1v) is 5.90. The van der Waals surface area contributed by atoms with Crippen LogP contribution < -0.4 is 5.73 Å².